The summed E-state index contributed by atoms with van der Waals surface area (Å²) in [6, 6.07) is 16.3. The van der Waals surface area contributed by atoms with E-state index in [1.54, 1.807) is 37.3 Å². The molecule has 1 amide bonds. The first kappa shape index (κ1) is 14.9. The van der Waals surface area contributed by atoms with E-state index in [2.05, 4.69) is 21.0 Å². The van der Waals surface area contributed by atoms with Crippen molar-refractivity contribution in [2.45, 2.75) is 19.1 Å². The summed E-state index contributed by atoms with van der Waals surface area (Å²) in [6.07, 6.45) is 0.299. The summed E-state index contributed by atoms with van der Waals surface area (Å²) in [4.78, 5) is 12.8. The topological polar surface area (TPSA) is 52.9 Å². The normalized spacial score (nSPS) is 20.9. The molecule has 0 radical (unpaired) electrons. The number of carbonyl (C=O) groups is 1. The van der Waals surface area contributed by atoms with Gasteiger partial charge in [-0.1, -0.05) is 42.5 Å². The molecule has 22 heavy (non-hydrogen) atoms. The van der Waals surface area contributed by atoms with Crippen molar-refractivity contribution >= 4 is 27.5 Å². The Labute approximate surface area is 137 Å². The molecule has 1 aliphatic heterocycles. The molecule has 0 aliphatic carbocycles. The second kappa shape index (κ2) is 5.66. The number of hydrazone groups is 1. The van der Waals surface area contributed by atoms with Crippen molar-refractivity contribution in [2.75, 3.05) is 0 Å². The van der Waals surface area contributed by atoms with Crippen LogP contribution in [0.15, 0.2) is 64.2 Å². The van der Waals surface area contributed by atoms with Gasteiger partial charge in [-0.15, -0.1) is 0 Å². The van der Waals surface area contributed by atoms with Gasteiger partial charge < -0.3 is 5.11 Å². The molecular weight excluding hydrogens is 344 g/mol. The predicted octanol–water partition coefficient (Wildman–Crippen LogP) is 3.52. The van der Waals surface area contributed by atoms with E-state index >= 15 is 0 Å². The molecule has 0 spiro atoms. The van der Waals surface area contributed by atoms with Gasteiger partial charge in [0.15, 0.2) is 5.72 Å². The van der Waals surface area contributed by atoms with Crippen LogP contribution in [-0.4, -0.2) is 21.7 Å². The minimum absolute atomic E-state index is 0.299. The lowest BCUT2D eigenvalue weighted by Gasteiger charge is -2.31. The number of amides is 1. The summed E-state index contributed by atoms with van der Waals surface area (Å²) in [5, 5.41) is 16.5. The Morgan fingerprint density at radius 3 is 2.50 bits per heavy atom. The average Bonchev–Trinajstić information content (AvgIpc) is 2.84. The zero-order valence-corrected chi connectivity index (χ0v) is 13.6. The van der Waals surface area contributed by atoms with Gasteiger partial charge in [0.25, 0.3) is 5.91 Å². The number of nitrogens with zero attached hydrogens (tertiary/aromatic N) is 2. The van der Waals surface area contributed by atoms with Crippen molar-refractivity contribution in [3.05, 3.63) is 70.2 Å². The first-order valence-electron chi connectivity index (χ1n) is 6.93. The largest absolute Gasteiger partial charge is 0.365 e. The van der Waals surface area contributed by atoms with E-state index in [9.17, 15) is 9.90 Å². The zero-order chi connectivity index (χ0) is 15.7. The van der Waals surface area contributed by atoms with Crippen LogP contribution >= 0.6 is 15.9 Å². The fourth-order valence-corrected chi connectivity index (χ4v) is 3.07. The first-order valence-corrected chi connectivity index (χ1v) is 7.73. The third-order valence-corrected chi connectivity index (χ3v) is 4.35. The molecule has 1 unspecified atom stereocenters. The van der Waals surface area contributed by atoms with Gasteiger partial charge in [0.1, 0.15) is 0 Å². The van der Waals surface area contributed by atoms with Crippen LogP contribution in [0.5, 0.6) is 0 Å². The molecule has 5 heteroatoms. The molecule has 0 saturated heterocycles. The lowest BCUT2D eigenvalue weighted by atomic mass is 9.97. The standard InChI is InChI=1S/C17H15BrN2O2/c1-12-11-17(22,13-7-3-2-4-8-13)20(19-12)16(21)14-9-5-6-10-15(14)18/h2-10,22H,11H2,1H3. The second-order valence-corrected chi connectivity index (χ2v) is 6.15. The Hall–Kier alpha value is -1.98. The molecule has 2 aromatic rings. The lowest BCUT2D eigenvalue weighted by Crippen LogP contribution is -2.43. The molecule has 1 N–H and O–H groups in total. The van der Waals surface area contributed by atoms with Gasteiger partial charge in [-0.25, -0.2) is 0 Å². The molecule has 2 aromatic carbocycles. The highest BCUT2D eigenvalue weighted by molar-refractivity contribution is 9.10. The van der Waals surface area contributed by atoms with E-state index in [1.807, 2.05) is 24.3 Å². The lowest BCUT2D eigenvalue weighted by molar-refractivity contribution is -0.0765. The monoisotopic (exact) mass is 358 g/mol. The van der Waals surface area contributed by atoms with E-state index in [1.165, 1.54) is 5.01 Å². The van der Waals surface area contributed by atoms with Crippen LogP contribution in [0.25, 0.3) is 0 Å². The van der Waals surface area contributed by atoms with Crippen molar-refractivity contribution in [1.82, 2.24) is 5.01 Å². The van der Waals surface area contributed by atoms with Gasteiger partial charge in [0.2, 0.25) is 0 Å². The van der Waals surface area contributed by atoms with Gasteiger partial charge in [-0.2, -0.15) is 10.1 Å². The number of benzene rings is 2. The maximum Gasteiger partial charge on any atom is 0.278 e. The Bertz CT molecular complexity index is 745. The molecule has 4 nitrogen and oxygen atoms in total. The van der Waals surface area contributed by atoms with Crippen LogP contribution in [0.1, 0.15) is 29.3 Å². The predicted molar refractivity (Wildman–Crippen MR) is 88.4 cm³/mol. The zero-order valence-electron chi connectivity index (χ0n) is 12.0. The Balaban J connectivity index is 2.04. The van der Waals surface area contributed by atoms with Crippen LogP contribution in [0.3, 0.4) is 0 Å². The number of aliphatic hydroxyl groups is 1. The minimum atomic E-state index is -1.45. The van der Waals surface area contributed by atoms with E-state index in [0.717, 1.165) is 0 Å². The van der Waals surface area contributed by atoms with Crippen molar-refractivity contribution in [2.24, 2.45) is 5.10 Å². The Kier molecular flexibility index (Phi) is 3.85. The second-order valence-electron chi connectivity index (χ2n) is 5.29. The summed E-state index contributed by atoms with van der Waals surface area (Å²) in [5.74, 6) is -0.337. The van der Waals surface area contributed by atoms with Crippen LogP contribution in [-0.2, 0) is 5.72 Å². The van der Waals surface area contributed by atoms with Crippen molar-refractivity contribution in [1.29, 1.82) is 0 Å². The molecule has 0 aromatic heterocycles. The third kappa shape index (κ3) is 2.46. The highest BCUT2D eigenvalue weighted by Gasteiger charge is 2.45. The molecule has 0 fully saturated rings. The quantitative estimate of drug-likeness (QED) is 0.892. The highest BCUT2D eigenvalue weighted by atomic mass is 79.9. The van der Waals surface area contributed by atoms with Crippen LogP contribution in [0.4, 0.5) is 0 Å². The Morgan fingerprint density at radius 2 is 1.82 bits per heavy atom. The van der Waals surface area contributed by atoms with Gasteiger partial charge in [0, 0.05) is 22.2 Å². The molecule has 112 valence electrons. The van der Waals surface area contributed by atoms with E-state index < -0.39 is 5.72 Å². The summed E-state index contributed by atoms with van der Waals surface area (Å²) in [7, 11) is 0. The summed E-state index contributed by atoms with van der Waals surface area (Å²) in [5.41, 5.74) is 0.385. The summed E-state index contributed by atoms with van der Waals surface area (Å²) < 4.78 is 0.676. The van der Waals surface area contributed by atoms with Crippen molar-refractivity contribution in [3.63, 3.8) is 0 Å². The van der Waals surface area contributed by atoms with Crippen molar-refractivity contribution in [3.8, 4) is 0 Å². The number of carbonyl (C=O) groups excluding carboxylic acids is 1. The average molecular weight is 359 g/mol. The third-order valence-electron chi connectivity index (χ3n) is 3.66. The maximum absolute atomic E-state index is 12.8. The molecular formula is C17H15BrN2O2. The smallest absolute Gasteiger partial charge is 0.278 e. The van der Waals surface area contributed by atoms with Gasteiger partial charge >= 0.3 is 0 Å². The summed E-state index contributed by atoms with van der Waals surface area (Å²) >= 11 is 3.38. The maximum atomic E-state index is 12.8. The van der Waals surface area contributed by atoms with E-state index in [0.29, 0.717) is 27.7 Å². The molecule has 0 saturated carbocycles. The van der Waals surface area contributed by atoms with Crippen molar-refractivity contribution < 1.29 is 9.90 Å². The number of hydrogen-bond donors (Lipinski definition) is 1. The molecule has 1 atom stereocenters. The number of hydrogen-bond acceptors (Lipinski definition) is 3. The molecule has 0 bridgehead atoms. The highest BCUT2D eigenvalue weighted by Crippen LogP contribution is 2.36. The number of rotatable bonds is 2. The van der Waals surface area contributed by atoms with Crippen LogP contribution in [0, 0.1) is 0 Å². The SMILES string of the molecule is CC1=NN(C(=O)c2ccccc2Br)C(O)(c2ccccc2)C1. The molecule has 3 rings (SSSR count). The van der Waals surface area contributed by atoms with E-state index in [4.69, 9.17) is 0 Å². The summed E-state index contributed by atoms with van der Waals surface area (Å²) in [6.45, 7) is 1.81. The van der Waals surface area contributed by atoms with E-state index in [-0.39, 0.29) is 5.91 Å². The fraction of sp³-hybridized carbons (Fsp3) is 0.176. The molecule has 1 heterocycles. The van der Waals surface area contributed by atoms with Crippen LogP contribution in [0.2, 0.25) is 0 Å². The molecule has 1 aliphatic rings. The van der Waals surface area contributed by atoms with Gasteiger partial charge in [-0.05, 0) is 35.0 Å². The first-order chi connectivity index (χ1) is 10.5. The van der Waals surface area contributed by atoms with Gasteiger partial charge in [-0.3, -0.25) is 4.79 Å². The van der Waals surface area contributed by atoms with Gasteiger partial charge in [0.05, 0.1) is 5.56 Å². The minimum Gasteiger partial charge on any atom is -0.365 e. The number of halogens is 1. The fourth-order valence-electron chi connectivity index (χ4n) is 2.61. The van der Waals surface area contributed by atoms with Crippen LogP contribution < -0.4 is 0 Å². The Morgan fingerprint density at radius 1 is 1.18 bits per heavy atom.